The first-order chi connectivity index (χ1) is 12.5. The molecule has 0 aliphatic heterocycles. The summed E-state index contributed by atoms with van der Waals surface area (Å²) in [5.41, 5.74) is 0.384. The molecule has 6 nitrogen and oxygen atoms in total. The molecule has 0 fully saturated rings. The number of hydrogen-bond donors (Lipinski definition) is 1. The van der Waals surface area contributed by atoms with Crippen molar-refractivity contribution >= 4 is 29.0 Å². The van der Waals surface area contributed by atoms with Crippen LogP contribution in [0.1, 0.15) is 24.2 Å². The van der Waals surface area contributed by atoms with Crippen LogP contribution >= 0.6 is 12.2 Å². The molecule has 1 aromatic heterocycles. The molecular formula is C19H18N2O4S. The fraction of sp³-hybridized carbons (Fsp3) is 0.211. The predicted octanol–water partition coefficient (Wildman–Crippen LogP) is 3.54. The van der Waals surface area contributed by atoms with Gasteiger partial charge in [-0.1, -0.05) is 12.1 Å². The lowest BCUT2D eigenvalue weighted by molar-refractivity contribution is 0.0952. The molecule has 1 heterocycles. The van der Waals surface area contributed by atoms with Crippen LogP contribution in [-0.4, -0.2) is 28.7 Å². The van der Waals surface area contributed by atoms with Gasteiger partial charge in [-0.25, -0.2) is 4.57 Å². The lowest BCUT2D eigenvalue weighted by Gasteiger charge is -2.11. The highest BCUT2D eigenvalue weighted by Gasteiger charge is 2.17. The van der Waals surface area contributed by atoms with Gasteiger partial charge in [0.15, 0.2) is 4.77 Å². The molecule has 3 rings (SSSR count). The lowest BCUT2D eigenvalue weighted by atomic mass is 10.1. The van der Waals surface area contributed by atoms with Crippen molar-refractivity contribution in [1.82, 2.24) is 9.55 Å². The maximum absolute atomic E-state index is 13.0. The van der Waals surface area contributed by atoms with Gasteiger partial charge in [0.25, 0.3) is 11.5 Å². The van der Waals surface area contributed by atoms with E-state index in [9.17, 15) is 9.59 Å². The van der Waals surface area contributed by atoms with Crippen LogP contribution in [0.2, 0.25) is 0 Å². The maximum Gasteiger partial charge on any atom is 0.269 e. The Bertz CT molecular complexity index is 1060. The summed E-state index contributed by atoms with van der Waals surface area (Å²) >= 11 is 5.24. The van der Waals surface area contributed by atoms with E-state index in [-0.39, 0.29) is 10.3 Å². The van der Waals surface area contributed by atoms with E-state index in [0.717, 1.165) is 4.57 Å². The van der Waals surface area contributed by atoms with Gasteiger partial charge in [0.2, 0.25) is 0 Å². The molecule has 3 aromatic rings. The second-order valence-corrected chi connectivity index (χ2v) is 5.87. The van der Waals surface area contributed by atoms with Crippen LogP contribution in [-0.2, 0) is 0 Å². The Morgan fingerprint density at radius 1 is 1.08 bits per heavy atom. The summed E-state index contributed by atoms with van der Waals surface area (Å²) < 4.78 is 12.0. The maximum atomic E-state index is 13.0. The number of aromatic nitrogens is 2. The lowest BCUT2D eigenvalue weighted by Crippen LogP contribution is -2.29. The van der Waals surface area contributed by atoms with Crippen LogP contribution in [0, 0.1) is 4.77 Å². The van der Waals surface area contributed by atoms with E-state index in [1.807, 2.05) is 13.8 Å². The molecule has 0 saturated heterocycles. The van der Waals surface area contributed by atoms with E-state index in [1.54, 1.807) is 42.5 Å². The Balaban J connectivity index is 2.17. The van der Waals surface area contributed by atoms with Crippen LogP contribution in [0.4, 0.5) is 0 Å². The highest BCUT2D eigenvalue weighted by atomic mass is 32.1. The number of rotatable bonds is 5. The second kappa shape index (κ2) is 7.53. The minimum atomic E-state index is -0.537. The van der Waals surface area contributed by atoms with Gasteiger partial charge in [-0.3, -0.25) is 9.59 Å². The van der Waals surface area contributed by atoms with Gasteiger partial charge in [0, 0.05) is 11.6 Å². The summed E-state index contributed by atoms with van der Waals surface area (Å²) in [5, 5.41) is 0.389. The van der Waals surface area contributed by atoms with Crippen LogP contribution in [0.15, 0.2) is 47.3 Å². The van der Waals surface area contributed by atoms with Crippen LogP contribution in [0.25, 0.3) is 10.9 Å². The number of fused-ring (bicyclic) bond motifs is 1. The quantitative estimate of drug-likeness (QED) is 0.696. The molecule has 0 amide bonds. The average molecular weight is 370 g/mol. The molecule has 7 heteroatoms. The number of carbonyl (C=O) groups excluding carboxylic acids is 1. The molecule has 0 saturated carbocycles. The summed E-state index contributed by atoms with van der Waals surface area (Å²) in [7, 11) is 0. The molecule has 26 heavy (non-hydrogen) atoms. The molecule has 134 valence electrons. The van der Waals surface area contributed by atoms with E-state index in [4.69, 9.17) is 21.7 Å². The topological polar surface area (TPSA) is 73.3 Å². The van der Waals surface area contributed by atoms with Crippen molar-refractivity contribution in [3.63, 3.8) is 0 Å². The number of para-hydroxylation sites is 1. The van der Waals surface area contributed by atoms with Crippen LogP contribution < -0.4 is 15.0 Å². The van der Waals surface area contributed by atoms with E-state index in [0.29, 0.717) is 35.6 Å². The third-order valence-corrected chi connectivity index (χ3v) is 4.04. The smallest absolute Gasteiger partial charge is 0.269 e. The third-order valence-electron chi connectivity index (χ3n) is 3.76. The molecule has 0 aliphatic rings. The van der Waals surface area contributed by atoms with Crippen molar-refractivity contribution < 1.29 is 14.3 Å². The Kier molecular flexibility index (Phi) is 5.18. The number of ether oxygens (including phenoxy) is 2. The first-order valence-corrected chi connectivity index (χ1v) is 8.65. The predicted molar refractivity (Wildman–Crippen MR) is 102 cm³/mol. The highest BCUT2D eigenvalue weighted by Crippen LogP contribution is 2.24. The molecule has 0 radical (unpaired) electrons. The Hall–Kier alpha value is -2.93. The van der Waals surface area contributed by atoms with Gasteiger partial charge in [-0.05, 0) is 50.3 Å². The minimum Gasteiger partial charge on any atom is -0.494 e. The summed E-state index contributed by atoms with van der Waals surface area (Å²) in [6.07, 6.45) is 0. The van der Waals surface area contributed by atoms with Gasteiger partial charge >= 0.3 is 0 Å². The Morgan fingerprint density at radius 3 is 2.31 bits per heavy atom. The number of hydrogen-bond acceptors (Lipinski definition) is 5. The zero-order chi connectivity index (χ0) is 18.7. The number of nitrogens with zero attached hydrogens (tertiary/aromatic N) is 1. The average Bonchev–Trinajstić information content (AvgIpc) is 2.62. The Labute approximate surface area is 155 Å². The highest BCUT2D eigenvalue weighted by molar-refractivity contribution is 7.71. The fourth-order valence-corrected chi connectivity index (χ4v) is 2.95. The van der Waals surface area contributed by atoms with Crippen LogP contribution in [0.3, 0.4) is 0 Å². The van der Waals surface area contributed by atoms with E-state index >= 15 is 0 Å². The third kappa shape index (κ3) is 3.39. The molecule has 1 N–H and O–H groups in total. The van der Waals surface area contributed by atoms with E-state index < -0.39 is 11.5 Å². The summed E-state index contributed by atoms with van der Waals surface area (Å²) in [5.74, 6) is 0.445. The number of H-pyrrole nitrogens is 1. The second-order valence-electron chi connectivity index (χ2n) is 5.48. The molecule has 0 unspecified atom stereocenters. The molecule has 0 atom stereocenters. The van der Waals surface area contributed by atoms with Crippen molar-refractivity contribution in [3.05, 3.63) is 63.2 Å². The van der Waals surface area contributed by atoms with E-state index in [1.165, 1.54) is 0 Å². The van der Waals surface area contributed by atoms with Gasteiger partial charge in [-0.15, -0.1) is 0 Å². The van der Waals surface area contributed by atoms with Gasteiger partial charge in [0.1, 0.15) is 11.5 Å². The SMILES string of the molecule is CCOc1cc(OCC)cc(C(=O)n2c(=S)[nH]c3ccccc3c2=O)c1. The first kappa shape index (κ1) is 17.9. The number of aromatic amines is 1. The van der Waals surface area contributed by atoms with Crippen molar-refractivity contribution in [2.75, 3.05) is 13.2 Å². The largest absolute Gasteiger partial charge is 0.494 e. The van der Waals surface area contributed by atoms with Crippen molar-refractivity contribution in [2.45, 2.75) is 13.8 Å². The number of benzene rings is 2. The summed E-state index contributed by atoms with van der Waals surface area (Å²) in [4.78, 5) is 28.7. The van der Waals surface area contributed by atoms with Gasteiger partial charge < -0.3 is 14.5 Å². The first-order valence-electron chi connectivity index (χ1n) is 8.24. The Morgan fingerprint density at radius 2 is 1.69 bits per heavy atom. The zero-order valence-corrected chi connectivity index (χ0v) is 15.3. The number of nitrogens with one attached hydrogen (secondary N) is 1. The molecular weight excluding hydrogens is 352 g/mol. The molecule has 2 aromatic carbocycles. The zero-order valence-electron chi connectivity index (χ0n) is 14.4. The van der Waals surface area contributed by atoms with Crippen molar-refractivity contribution in [2.24, 2.45) is 0 Å². The molecule has 0 spiro atoms. The minimum absolute atomic E-state index is 0.0403. The molecule has 0 aliphatic carbocycles. The van der Waals surface area contributed by atoms with Crippen LogP contribution in [0.5, 0.6) is 11.5 Å². The van der Waals surface area contributed by atoms with Gasteiger partial charge in [0.05, 0.1) is 24.1 Å². The van der Waals surface area contributed by atoms with Gasteiger partial charge in [-0.2, -0.15) is 0 Å². The number of carbonyl (C=O) groups is 1. The summed E-state index contributed by atoms with van der Waals surface area (Å²) in [6.45, 7) is 4.58. The molecule has 0 bridgehead atoms. The monoisotopic (exact) mass is 370 g/mol. The van der Waals surface area contributed by atoms with E-state index in [2.05, 4.69) is 4.98 Å². The summed E-state index contributed by atoms with van der Waals surface area (Å²) in [6, 6.07) is 11.8. The standard InChI is InChI=1S/C19H18N2O4S/c1-3-24-13-9-12(10-14(11-13)25-4-2)17(22)21-18(23)15-7-5-6-8-16(15)20-19(21)26/h5-11H,3-4H2,1-2H3,(H,20,26). The fourth-order valence-electron chi connectivity index (χ4n) is 2.67. The van der Waals surface area contributed by atoms with Crippen molar-refractivity contribution in [1.29, 1.82) is 0 Å². The van der Waals surface area contributed by atoms with Crippen molar-refractivity contribution in [3.8, 4) is 11.5 Å². The normalized spacial score (nSPS) is 10.7.